The van der Waals surface area contributed by atoms with E-state index in [2.05, 4.69) is 10.3 Å². The Balaban J connectivity index is 1.70. The molecule has 0 saturated heterocycles. The number of oxime groups is 2. The molecule has 0 aromatic heterocycles. The van der Waals surface area contributed by atoms with Crippen LogP contribution in [0.1, 0.15) is 24.0 Å². The molecule has 0 unspecified atom stereocenters. The number of nitrogens with zero attached hydrogens (tertiary/aromatic N) is 2. The number of halogens is 2. The maximum Gasteiger partial charge on any atom is 0.260 e. The second kappa shape index (κ2) is 9.39. The lowest BCUT2D eigenvalue weighted by Gasteiger charge is -2.02. The van der Waals surface area contributed by atoms with Gasteiger partial charge in [0, 0.05) is 12.6 Å². The molecule has 0 aliphatic carbocycles. The zero-order valence-electron chi connectivity index (χ0n) is 13.0. The van der Waals surface area contributed by atoms with E-state index in [9.17, 15) is 8.78 Å². The average molecular weight is 332 g/mol. The topological polar surface area (TPSA) is 54.2 Å². The Morgan fingerprint density at radius 3 is 2.00 bits per heavy atom. The maximum absolute atomic E-state index is 12.8. The molecule has 2 aromatic rings. The first-order chi connectivity index (χ1) is 11.7. The number of hydrogen-bond acceptors (Lipinski definition) is 4. The molecule has 6 heteroatoms. The largest absolute Gasteiger partial charge is 0.408 e. The van der Waals surface area contributed by atoms with Crippen molar-refractivity contribution in [1.82, 2.24) is 0 Å². The van der Waals surface area contributed by atoms with Crippen molar-refractivity contribution in [2.24, 2.45) is 10.3 Å². The molecule has 0 amide bonds. The summed E-state index contributed by atoms with van der Waals surface area (Å²) in [7, 11) is 0. The Morgan fingerprint density at radius 1 is 0.917 bits per heavy atom. The van der Waals surface area contributed by atoms with E-state index in [1.165, 1.54) is 24.3 Å². The van der Waals surface area contributed by atoms with Gasteiger partial charge in [-0.1, -0.05) is 34.6 Å². The van der Waals surface area contributed by atoms with E-state index in [-0.39, 0.29) is 17.5 Å². The zero-order chi connectivity index (χ0) is 17.2. The van der Waals surface area contributed by atoms with Crippen LogP contribution in [-0.4, -0.2) is 17.3 Å². The van der Waals surface area contributed by atoms with E-state index < -0.39 is 0 Å². The molecule has 0 atom stereocenters. The van der Waals surface area contributed by atoms with Crippen LogP contribution >= 0.6 is 0 Å². The predicted molar refractivity (Wildman–Crippen MR) is 88.2 cm³/mol. The second-order valence-electron chi connectivity index (χ2n) is 5.16. The first-order valence-corrected chi connectivity index (χ1v) is 7.56. The lowest BCUT2D eigenvalue weighted by molar-refractivity contribution is 0.257. The van der Waals surface area contributed by atoms with Gasteiger partial charge in [0.25, 0.3) is 5.90 Å². The third-order valence-corrected chi connectivity index (χ3v) is 3.36. The number of rotatable bonds is 7. The van der Waals surface area contributed by atoms with Crippen LogP contribution in [-0.2, 0) is 17.7 Å². The molecule has 0 radical (unpaired) electrons. The van der Waals surface area contributed by atoms with Gasteiger partial charge in [-0.15, -0.1) is 0 Å². The Hall–Kier alpha value is -2.76. The summed E-state index contributed by atoms with van der Waals surface area (Å²) in [6, 6.07) is 12.3. The van der Waals surface area contributed by atoms with Gasteiger partial charge in [0.05, 0.1) is 0 Å². The molecule has 0 aliphatic rings. The first-order valence-electron chi connectivity index (χ1n) is 7.56. The van der Waals surface area contributed by atoms with Crippen molar-refractivity contribution >= 4 is 12.1 Å². The highest BCUT2D eigenvalue weighted by Crippen LogP contribution is 2.07. The predicted octanol–water partition coefficient (Wildman–Crippen LogP) is 4.32. The van der Waals surface area contributed by atoms with Crippen molar-refractivity contribution in [1.29, 1.82) is 0 Å². The van der Waals surface area contributed by atoms with E-state index in [0.29, 0.717) is 25.7 Å². The molecule has 1 N–H and O–H groups in total. The number of hydrogen-bond donors (Lipinski definition) is 1. The molecule has 4 nitrogen and oxygen atoms in total. The Kier molecular flexibility index (Phi) is 6.89. The number of aryl methyl sites for hydroxylation is 2. The van der Waals surface area contributed by atoms with Gasteiger partial charge in [-0.05, 0) is 54.7 Å². The van der Waals surface area contributed by atoms with Crippen LogP contribution in [0.25, 0.3) is 0 Å². The van der Waals surface area contributed by atoms with Crippen molar-refractivity contribution in [2.45, 2.75) is 25.7 Å². The minimum Gasteiger partial charge on any atom is -0.408 e. The van der Waals surface area contributed by atoms with Gasteiger partial charge in [-0.2, -0.15) is 0 Å². The fourth-order valence-electron chi connectivity index (χ4n) is 2.05. The van der Waals surface area contributed by atoms with E-state index in [4.69, 9.17) is 10.0 Å². The van der Waals surface area contributed by atoms with Crippen molar-refractivity contribution < 1.29 is 18.8 Å². The molecule has 126 valence electrons. The highest BCUT2D eigenvalue weighted by atomic mass is 19.1. The third-order valence-electron chi connectivity index (χ3n) is 3.36. The van der Waals surface area contributed by atoms with E-state index in [1.54, 1.807) is 30.5 Å². The average Bonchev–Trinajstić information content (AvgIpc) is 2.60. The molecule has 2 aromatic carbocycles. The summed E-state index contributed by atoms with van der Waals surface area (Å²) in [6.07, 6.45) is 3.77. The zero-order valence-corrected chi connectivity index (χ0v) is 13.0. The smallest absolute Gasteiger partial charge is 0.260 e. The summed E-state index contributed by atoms with van der Waals surface area (Å²) >= 11 is 0. The van der Waals surface area contributed by atoms with Gasteiger partial charge in [0.15, 0.2) is 0 Å². The van der Waals surface area contributed by atoms with Crippen LogP contribution in [0.2, 0.25) is 0 Å². The highest BCUT2D eigenvalue weighted by molar-refractivity contribution is 5.76. The summed E-state index contributed by atoms with van der Waals surface area (Å²) in [4.78, 5) is 5.03. The van der Waals surface area contributed by atoms with Crippen LogP contribution in [0.4, 0.5) is 8.78 Å². The maximum atomic E-state index is 12.8. The quantitative estimate of drug-likeness (QED) is 0.355. The summed E-state index contributed by atoms with van der Waals surface area (Å²) < 4.78 is 25.6. The monoisotopic (exact) mass is 332 g/mol. The summed E-state index contributed by atoms with van der Waals surface area (Å²) in [5.74, 6) is -0.477. The summed E-state index contributed by atoms with van der Waals surface area (Å²) in [5, 5.41) is 15.7. The normalized spacial score (nSPS) is 11.8. The third kappa shape index (κ3) is 6.16. The van der Waals surface area contributed by atoms with Gasteiger partial charge in [0.1, 0.15) is 11.6 Å². The fourth-order valence-corrected chi connectivity index (χ4v) is 2.05. The van der Waals surface area contributed by atoms with E-state index in [1.807, 2.05) is 0 Å². The lowest BCUT2D eigenvalue weighted by Crippen LogP contribution is -2.03. The van der Waals surface area contributed by atoms with Crippen LogP contribution in [0.15, 0.2) is 58.8 Å². The van der Waals surface area contributed by atoms with Crippen molar-refractivity contribution in [2.75, 3.05) is 0 Å². The molecular formula is C18H18F2N2O2. The minimum atomic E-state index is -0.295. The fraction of sp³-hybridized carbons (Fsp3) is 0.222. The van der Waals surface area contributed by atoms with Gasteiger partial charge in [-0.3, -0.25) is 0 Å². The summed E-state index contributed by atoms with van der Waals surface area (Å²) in [6.45, 7) is 0. The van der Waals surface area contributed by atoms with Crippen LogP contribution < -0.4 is 0 Å². The molecule has 2 rings (SSSR count). The Labute approximate surface area is 139 Å². The molecule has 0 spiro atoms. The van der Waals surface area contributed by atoms with Crippen molar-refractivity contribution in [3.05, 3.63) is 71.3 Å². The molecule has 0 fully saturated rings. The molecule has 24 heavy (non-hydrogen) atoms. The lowest BCUT2D eigenvalue weighted by atomic mass is 10.1. The molecule has 0 aliphatic heterocycles. The van der Waals surface area contributed by atoms with Gasteiger partial charge >= 0.3 is 0 Å². The first kappa shape index (κ1) is 17.6. The molecular weight excluding hydrogens is 314 g/mol. The molecule has 0 heterocycles. The van der Waals surface area contributed by atoms with Crippen molar-refractivity contribution in [3.8, 4) is 0 Å². The SMILES string of the molecule is ON=C(CCc1ccc(F)cc1)ON=CCCc1ccc(F)cc1. The highest BCUT2D eigenvalue weighted by Gasteiger charge is 2.03. The van der Waals surface area contributed by atoms with Gasteiger partial charge in [0.2, 0.25) is 0 Å². The Morgan fingerprint density at radius 2 is 1.46 bits per heavy atom. The minimum absolute atomic E-state index is 0.0809. The number of benzene rings is 2. The van der Waals surface area contributed by atoms with Gasteiger partial charge in [-0.25, -0.2) is 8.78 Å². The van der Waals surface area contributed by atoms with E-state index in [0.717, 1.165) is 11.1 Å². The van der Waals surface area contributed by atoms with Gasteiger partial charge < -0.3 is 10.0 Å². The van der Waals surface area contributed by atoms with E-state index >= 15 is 0 Å². The van der Waals surface area contributed by atoms with Crippen LogP contribution in [0, 0.1) is 11.6 Å². The summed E-state index contributed by atoms with van der Waals surface area (Å²) in [5.41, 5.74) is 1.90. The van der Waals surface area contributed by atoms with Crippen LogP contribution in [0.3, 0.4) is 0 Å². The molecule has 0 bridgehead atoms. The van der Waals surface area contributed by atoms with Crippen molar-refractivity contribution in [3.63, 3.8) is 0 Å². The Bertz CT molecular complexity index is 683. The molecule has 0 saturated carbocycles. The van der Waals surface area contributed by atoms with Crippen LogP contribution in [0.5, 0.6) is 0 Å². The standard InChI is InChI=1S/C18H18F2N2O2/c19-16-8-3-14(4-9-16)2-1-13-21-24-18(22-23)12-7-15-5-10-17(20)11-6-15/h3-6,8-11,13,23H,1-2,7,12H2. The second-order valence-corrected chi connectivity index (χ2v) is 5.16.